The molecule has 1 atom stereocenters. The molecule has 2 saturated heterocycles. The number of urea groups is 1. The Morgan fingerprint density at radius 1 is 1.38 bits per heavy atom. The molecule has 0 aromatic rings. The Bertz CT molecular complexity index is 228. The lowest BCUT2D eigenvalue weighted by Crippen LogP contribution is -2.38. The van der Waals surface area contributed by atoms with Crippen LogP contribution in [0.15, 0.2) is 0 Å². The quantitative estimate of drug-likeness (QED) is 0.563. The highest BCUT2D eigenvalue weighted by molar-refractivity contribution is 6.04. The fraction of sp³-hybridized carbons (Fsp3) is 0.778. The van der Waals surface area contributed by atoms with Crippen LogP contribution in [-0.4, -0.2) is 40.9 Å². The Hall–Kier alpha value is -1.06. The number of amides is 3. The summed E-state index contributed by atoms with van der Waals surface area (Å²) < 4.78 is 0. The maximum atomic E-state index is 11.6. The minimum atomic E-state index is -0.138. The van der Waals surface area contributed by atoms with Crippen LogP contribution in [0.2, 0.25) is 0 Å². The van der Waals surface area contributed by atoms with E-state index in [1.807, 2.05) is 6.92 Å². The van der Waals surface area contributed by atoms with Gasteiger partial charge < -0.3 is 4.90 Å². The van der Waals surface area contributed by atoms with E-state index in [1.54, 1.807) is 4.90 Å². The molecular weight excluding hydrogens is 168 g/mol. The van der Waals surface area contributed by atoms with Gasteiger partial charge in [-0.25, -0.2) is 4.79 Å². The summed E-state index contributed by atoms with van der Waals surface area (Å²) in [6.07, 6.45) is 2.95. The summed E-state index contributed by atoms with van der Waals surface area (Å²) in [6.45, 7) is 3.10. The topological polar surface area (TPSA) is 40.6 Å². The Labute approximate surface area is 77.5 Å². The highest BCUT2D eigenvalue weighted by Gasteiger charge is 2.44. The lowest BCUT2D eigenvalue weighted by Gasteiger charge is -2.25. The van der Waals surface area contributed by atoms with Crippen LogP contribution in [0.1, 0.15) is 26.2 Å². The van der Waals surface area contributed by atoms with Crippen LogP contribution in [0.3, 0.4) is 0 Å². The van der Waals surface area contributed by atoms with Gasteiger partial charge in [-0.15, -0.1) is 0 Å². The van der Waals surface area contributed by atoms with Crippen molar-refractivity contribution in [3.63, 3.8) is 0 Å². The van der Waals surface area contributed by atoms with E-state index in [9.17, 15) is 9.59 Å². The lowest BCUT2D eigenvalue weighted by atomic mass is 10.0. The molecule has 0 saturated carbocycles. The van der Waals surface area contributed by atoms with Gasteiger partial charge in [-0.1, -0.05) is 0 Å². The molecule has 3 amide bonds. The predicted molar refractivity (Wildman–Crippen MR) is 47.1 cm³/mol. The number of nitrogens with zero attached hydrogens (tertiary/aromatic N) is 2. The van der Waals surface area contributed by atoms with E-state index in [4.69, 9.17) is 0 Å². The SMILES string of the molecule is CCN1C(=O)C2CCCCN2C1=O. The van der Waals surface area contributed by atoms with Gasteiger partial charge in [0.25, 0.3) is 5.91 Å². The molecule has 13 heavy (non-hydrogen) atoms. The fourth-order valence-electron chi connectivity index (χ4n) is 2.14. The zero-order valence-electron chi connectivity index (χ0n) is 7.82. The first-order valence-electron chi connectivity index (χ1n) is 4.87. The van der Waals surface area contributed by atoms with Gasteiger partial charge in [-0.2, -0.15) is 0 Å². The van der Waals surface area contributed by atoms with Crippen molar-refractivity contribution in [3.05, 3.63) is 0 Å². The maximum absolute atomic E-state index is 11.6. The number of hydrogen-bond acceptors (Lipinski definition) is 2. The summed E-state index contributed by atoms with van der Waals surface area (Å²) in [7, 11) is 0. The normalized spacial score (nSPS) is 28.2. The molecule has 0 N–H and O–H groups in total. The molecule has 2 aliphatic heterocycles. The third-order valence-electron chi connectivity index (χ3n) is 2.85. The second-order valence-corrected chi connectivity index (χ2v) is 3.57. The minimum absolute atomic E-state index is 0.00667. The summed E-state index contributed by atoms with van der Waals surface area (Å²) in [5.41, 5.74) is 0. The highest BCUT2D eigenvalue weighted by atomic mass is 16.2. The second-order valence-electron chi connectivity index (χ2n) is 3.57. The molecule has 1 unspecified atom stereocenters. The summed E-state index contributed by atoms with van der Waals surface area (Å²) in [5.74, 6) is 0.00667. The molecule has 2 rings (SSSR count). The Kier molecular flexibility index (Phi) is 1.98. The average molecular weight is 182 g/mol. The third-order valence-corrected chi connectivity index (χ3v) is 2.85. The van der Waals surface area contributed by atoms with Gasteiger partial charge in [-0.3, -0.25) is 9.69 Å². The monoisotopic (exact) mass is 182 g/mol. The molecule has 2 heterocycles. The molecule has 2 fully saturated rings. The molecule has 72 valence electrons. The van der Waals surface area contributed by atoms with Gasteiger partial charge in [0.2, 0.25) is 0 Å². The van der Waals surface area contributed by atoms with E-state index < -0.39 is 0 Å². The fourth-order valence-corrected chi connectivity index (χ4v) is 2.14. The highest BCUT2D eigenvalue weighted by Crippen LogP contribution is 2.25. The van der Waals surface area contributed by atoms with Crippen LogP contribution < -0.4 is 0 Å². The van der Waals surface area contributed by atoms with Crippen LogP contribution in [0.5, 0.6) is 0 Å². The van der Waals surface area contributed by atoms with Gasteiger partial charge in [0.15, 0.2) is 0 Å². The number of hydrogen-bond donors (Lipinski definition) is 0. The van der Waals surface area contributed by atoms with Gasteiger partial charge in [-0.05, 0) is 26.2 Å². The van der Waals surface area contributed by atoms with Crippen LogP contribution >= 0.6 is 0 Å². The summed E-state index contributed by atoms with van der Waals surface area (Å²) in [5, 5.41) is 0. The van der Waals surface area contributed by atoms with Crippen LogP contribution in [0, 0.1) is 0 Å². The first-order chi connectivity index (χ1) is 6.25. The van der Waals surface area contributed by atoms with E-state index in [0.29, 0.717) is 6.54 Å². The molecule has 0 bridgehead atoms. The molecule has 0 radical (unpaired) electrons. The second kappa shape index (κ2) is 3.01. The molecule has 0 aromatic heterocycles. The molecule has 2 aliphatic rings. The van der Waals surface area contributed by atoms with Crippen LogP contribution in [0.25, 0.3) is 0 Å². The van der Waals surface area contributed by atoms with Crippen molar-refractivity contribution >= 4 is 11.9 Å². The first-order valence-corrected chi connectivity index (χ1v) is 4.87. The molecule has 0 aromatic carbocycles. The number of carbonyl (C=O) groups excluding carboxylic acids is 2. The molecule has 4 heteroatoms. The Morgan fingerprint density at radius 3 is 2.77 bits per heavy atom. The van der Waals surface area contributed by atoms with Gasteiger partial charge >= 0.3 is 6.03 Å². The van der Waals surface area contributed by atoms with Crippen molar-refractivity contribution in [3.8, 4) is 0 Å². The zero-order chi connectivity index (χ0) is 9.42. The minimum Gasteiger partial charge on any atom is -0.312 e. The zero-order valence-corrected chi connectivity index (χ0v) is 7.82. The standard InChI is InChI=1S/C9H14N2O2/c1-2-10-8(12)7-5-3-4-6-11(7)9(10)13/h7H,2-6H2,1H3. The van der Waals surface area contributed by atoms with Gasteiger partial charge in [0.05, 0.1) is 0 Å². The molecular formula is C9H14N2O2. The number of likely N-dealkylation sites (N-methyl/N-ethyl adjacent to an activating group) is 1. The predicted octanol–water partition coefficient (Wildman–Crippen LogP) is 0.823. The van der Waals surface area contributed by atoms with Crippen molar-refractivity contribution in [1.82, 2.24) is 9.80 Å². The lowest BCUT2D eigenvalue weighted by molar-refractivity contribution is -0.128. The van der Waals surface area contributed by atoms with Crippen molar-refractivity contribution in [2.45, 2.75) is 32.2 Å². The number of fused-ring (bicyclic) bond motifs is 1. The van der Waals surface area contributed by atoms with E-state index in [1.165, 1.54) is 4.90 Å². The number of piperidine rings is 1. The largest absolute Gasteiger partial charge is 0.327 e. The number of imide groups is 1. The average Bonchev–Trinajstić information content (AvgIpc) is 2.41. The third kappa shape index (κ3) is 1.12. The maximum Gasteiger partial charge on any atom is 0.327 e. The van der Waals surface area contributed by atoms with E-state index in [2.05, 4.69) is 0 Å². The van der Waals surface area contributed by atoms with Crippen molar-refractivity contribution in [1.29, 1.82) is 0 Å². The molecule has 0 spiro atoms. The van der Waals surface area contributed by atoms with Crippen LogP contribution in [-0.2, 0) is 4.79 Å². The number of carbonyl (C=O) groups is 2. The van der Waals surface area contributed by atoms with E-state index >= 15 is 0 Å². The Balaban J connectivity index is 2.22. The smallest absolute Gasteiger partial charge is 0.312 e. The van der Waals surface area contributed by atoms with Crippen molar-refractivity contribution < 1.29 is 9.59 Å². The Morgan fingerprint density at radius 2 is 2.15 bits per heavy atom. The number of rotatable bonds is 1. The van der Waals surface area contributed by atoms with Gasteiger partial charge in [0, 0.05) is 13.1 Å². The van der Waals surface area contributed by atoms with Gasteiger partial charge in [0.1, 0.15) is 6.04 Å². The summed E-state index contributed by atoms with van der Waals surface area (Å²) >= 11 is 0. The van der Waals surface area contributed by atoms with Crippen molar-refractivity contribution in [2.24, 2.45) is 0 Å². The van der Waals surface area contributed by atoms with E-state index in [-0.39, 0.29) is 18.0 Å². The van der Waals surface area contributed by atoms with Crippen LogP contribution in [0.4, 0.5) is 4.79 Å². The first kappa shape index (κ1) is 8.53. The van der Waals surface area contributed by atoms with E-state index in [0.717, 1.165) is 25.8 Å². The van der Waals surface area contributed by atoms with Crippen molar-refractivity contribution in [2.75, 3.05) is 13.1 Å². The summed E-state index contributed by atoms with van der Waals surface area (Å²) in [4.78, 5) is 26.3. The molecule has 0 aliphatic carbocycles. The molecule has 4 nitrogen and oxygen atoms in total. The summed E-state index contributed by atoms with van der Waals surface area (Å²) in [6, 6.07) is -0.224.